The lowest BCUT2D eigenvalue weighted by Crippen LogP contribution is -2.57. The first-order valence-electron chi connectivity index (χ1n) is 13.7. The fourth-order valence-corrected chi connectivity index (χ4v) is 5.85. The molecule has 4 N–H and O–H groups in total. The molecular weight excluding hydrogens is 492 g/mol. The summed E-state index contributed by atoms with van der Waals surface area (Å²) >= 11 is 0. The Labute approximate surface area is 230 Å². The van der Waals surface area contributed by atoms with Gasteiger partial charge in [-0.2, -0.15) is 0 Å². The summed E-state index contributed by atoms with van der Waals surface area (Å²) in [6.45, 7) is 3.95. The summed E-state index contributed by atoms with van der Waals surface area (Å²) in [5.74, 6) is -1.43. The summed E-state index contributed by atoms with van der Waals surface area (Å²) in [6.07, 6.45) is 4.13. The highest BCUT2D eigenvalue weighted by atomic mass is 16.6. The molecule has 0 saturated heterocycles. The number of nitrogens with two attached hydrogens (primary N) is 1. The zero-order valence-electron chi connectivity index (χ0n) is 23.3. The maximum absolute atomic E-state index is 13.5. The molecule has 3 aromatic rings. The number of carbonyl (C=O) groups is 3. The van der Waals surface area contributed by atoms with Gasteiger partial charge in [-0.15, -0.1) is 0 Å². The molecule has 1 aliphatic carbocycles. The number of primary amides is 1. The number of H-pyrrole nitrogens is 1. The Morgan fingerprint density at radius 2 is 1.64 bits per heavy atom. The molecule has 1 aromatic heterocycles. The van der Waals surface area contributed by atoms with E-state index in [1.54, 1.807) is 0 Å². The van der Waals surface area contributed by atoms with Crippen molar-refractivity contribution in [2.75, 3.05) is 14.1 Å². The van der Waals surface area contributed by atoms with Crippen LogP contribution >= 0.6 is 0 Å². The predicted octanol–water partition coefficient (Wildman–Crippen LogP) is 4.04. The highest BCUT2D eigenvalue weighted by molar-refractivity contribution is 5.92. The highest BCUT2D eigenvalue weighted by Crippen LogP contribution is 2.46. The SMILES string of the molecule is CC(C)CC(NC(=O)Cc1c[nH]c2ccccc12)C(=O)OC1(C(N)=O)CCC(c2ccccc2)(N(C)C)CC1. The van der Waals surface area contributed by atoms with Crippen molar-refractivity contribution in [1.29, 1.82) is 0 Å². The van der Waals surface area contributed by atoms with Gasteiger partial charge in [0.2, 0.25) is 5.91 Å². The summed E-state index contributed by atoms with van der Waals surface area (Å²) in [4.78, 5) is 44.7. The van der Waals surface area contributed by atoms with E-state index in [0.717, 1.165) is 22.0 Å². The number of para-hydroxylation sites is 1. The molecule has 0 aliphatic heterocycles. The van der Waals surface area contributed by atoms with Gasteiger partial charge < -0.3 is 20.8 Å². The van der Waals surface area contributed by atoms with Crippen LogP contribution in [0.1, 0.15) is 57.1 Å². The number of hydrogen-bond donors (Lipinski definition) is 3. The second-order valence-corrected chi connectivity index (χ2v) is 11.4. The number of rotatable bonds is 10. The van der Waals surface area contributed by atoms with Crippen LogP contribution in [-0.2, 0) is 31.1 Å². The average Bonchev–Trinajstić information content (AvgIpc) is 3.31. The smallest absolute Gasteiger partial charge is 0.329 e. The van der Waals surface area contributed by atoms with Crippen LogP contribution in [0.25, 0.3) is 10.9 Å². The van der Waals surface area contributed by atoms with Gasteiger partial charge in [0.1, 0.15) is 6.04 Å². The topological polar surface area (TPSA) is 118 Å². The van der Waals surface area contributed by atoms with E-state index in [0.29, 0.717) is 32.1 Å². The van der Waals surface area contributed by atoms with E-state index < -0.39 is 23.5 Å². The molecule has 1 heterocycles. The molecule has 8 heteroatoms. The molecule has 2 amide bonds. The molecule has 208 valence electrons. The lowest BCUT2D eigenvalue weighted by atomic mass is 9.69. The third kappa shape index (κ3) is 6.01. The Morgan fingerprint density at radius 1 is 1.00 bits per heavy atom. The number of hydrogen-bond acceptors (Lipinski definition) is 5. The molecule has 0 radical (unpaired) electrons. The molecule has 1 unspecified atom stereocenters. The van der Waals surface area contributed by atoms with Gasteiger partial charge in [-0.1, -0.05) is 62.4 Å². The van der Waals surface area contributed by atoms with E-state index in [1.807, 2.05) is 76.6 Å². The van der Waals surface area contributed by atoms with Crippen LogP contribution in [0.3, 0.4) is 0 Å². The van der Waals surface area contributed by atoms with E-state index >= 15 is 0 Å². The Bertz CT molecular complexity index is 1310. The molecule has 1 fully saturated rings. The number of amides is 2. The van der Waals surface area contributed by atoms with Crippen molar-refractivity contribution in [2.45, 2.75) is 69.6 Å². The normalized spacial score (nSPS) is 22.1. The van der Waals surface area contributed by atoms with Gasteiger partial charge in [-0.25, -0.2) is 4.79 Å². The lowest BCUT2D eigenvalue weighted by molar-refractivity contribution is -0.177. The number of aromatic amines is 1. The maximum Gasteiger partial charge on any atom is 0.329 e. The predicted molar refractivity (Wildman–Crippen MR) is 152 cm³/mol. The summed E-state index contributed by atoms with van der Waals surface area (Å²) in [7, 11) is 4.05. The van der Waals surface area contributed by atoms with E-state index in [-0.39, 0.29) is 23.8 Å². The van der Waals surface area contributed by atoms with Gasteiger partial charge >= 0.3 is 5.97 Å². The van der Waals surface area contributed by atoms with E-state index in [1.165, 1.54) is 0 Å². The Balaban J connectivity index is 1.49. The zero-order chi connectivity index (χ0) is 28.2. The summed E-state index contributed by atoms with van der Waals surface area (Å²) in [5.41, 5.74) is 7.12. The van der Waals surface area contributed by atoms with Gasteiger partial charge in [0.25, 0.3) is 5.91 Å². The van der Waals surface area contributed by atoms with Gasteiger partial charge in [-0.3, -0.25) is 14.5 Å². The maximum atomic E-state index is 13.5. The van der Waals surface area contributed by atoms with Crippen molar-refractivity contribution >= 4 is 28.7 Å². The van der Waals surface area contributed by atoms with Gasteiger partial charge in [0.15, 0.2) is 5.60 Å². The lowest BCUT2D eigenvalue weighted by Gasteiger charge is -2.48. The van der Waals surface area contributed by atoms with Gasteiger partial charge in [0.05, 0.1) is 6.42 Å². The first kappa shape index (κ1) is 28.4. The number of fused-ring (bicyclic) bond motifs is 1. The van der Waals surface area contributed by atoms with Gasteiger partial charge in [-0.05, 0) is 69.3 Å². The number of benzene rings is 2. The monoisotopic (exact) mass is 532 g/mol. The van der Waals surface area contributed by atoms with Crippen molar-refractivity contribution in [2.24, 2.45) is 11.7 Å². The van der Waals surface area contributed by atoms with E-state index in [2.05, 4.69) is 27.3 Å². The summed E-state index contributed by atoms with van der Waals surface area (Å²) < 4.78 is 5.97. The van der Waals surface area contributed by atoms with Crippen molar-refractivity contribution in [3.8, 4) is 0 Å². The number of esters is 1. The van der Waals surface area contributed by atoms with Crippen LogP contribution < -0.4 is 11.1 Å². The van der Waals surface area contributed by atoms with Crippen molar-refractivity contribution in [3.05, 3.63) is 71.9 Å². The molecule has 1 atom stereocenters. The standard InChI is InChI=1S/C31H40N4O4/c1-21(2)18-26(34-27(36)19-22-20-33-25-13-9-8-12-24(22)25)28(37)39-31(29(32)38)16-14-30(15-17-31,35(3)4)23-10-6-5-7-11-23/h5-13,20-21,26,33H,14-19H2,1-4H3,(H2,32,38)(H,34,36). The molecule has 0 spiro atoms. The largest absolute Gasteiger partial charge is 0.447 e. The van der Waals surface area contributed by atoms with Crippen LogP contribution in [0.5, 0.6) is 0 Å². The quantitative estimate of drug-likeness (QED) is 0.341. The zero-order valence-corrected chi connectivity index (χ0v) is 23.3. The third-order valence-electron chi connectivity index (χ3n) is 8.15. The highest BCUT2D eigenvalue weighted by Gasteiger charge is 2.51. The Morgan fingerprint density at radius 3 is 2.26 bits per heavy atom. The average molecular weight is 533 g/mol. The van der Waals surface area contributed by atoms with Crippen LogP contribution in [-0.4, -0.2) is 53.4 Å². The van der Waals surface area contributed by atoms with Crippen molar-refractivity contribution in [1.82, 2.24) is 15.2 Å². The number of nitrogens with one attached hydrogen (secondary N) is 2. The molecule has 39 heavy (non-hydrogen) atoms. The molecule has 8 nitrogen and oxygen atoms in total. The second-order valence-electron chi connectivity index (χ2n) is 11.4. The molecular formula is C31H40N4O4. The Hall–Kier alpha value is -3.65. The molecule has 4 rings (SSSR count). The molecule has 2 aromatic carbocycles. The van der Waals surface area contributed by atoms with Gasteiger partial charge in [0, 0.05) is 22.6 Å². The van der Waals surface area contributed by atoms with E-state index in [9.17, 15) is 14.4 Å². The molecule has 0 bridgehead atoms. The number of ether oxygens (including phenoxy) is 1. The van der Waals surface area contributed by atoms with E-state index in [4.69, 9.17) is 10.5 Å². The van der Waals surface area contributed by atoms with Crippen molar-refractivity contribution < 1.29 is 19.1 Å². The number of aromatic nitrogens is 1. The van der Waals surface area contributed by atoms with Crippen LogP contribution in [0, 0.1) is 5.92 Å². The minimum Gasteiger partial charge on any atom is -0.447 e. The fourth-order valence-electron chi connectivity index (χ4n) is 5.85. The minimum absolute atomic E-state index is 0.117. The first-order valence-corrected chi connectivity index (χ1v) is 13.7. The fraction of sp³-hybridized carbons (Fsp3) is 0.452. The number of carbonyl (C=O) groups excluding carboxylic acids is 3. The second kappa shape index (κ2) is 11.6. The molecule has 1 saturated carbocycles. The summed E-state index contributed by atoms with van der Waals surface area (Å²) in [6, 6.07) is 17.0. The first-order chi connectivity index (χ1) is 18.6. The summed E-state index contributed by atoms with van der Waals surface area (Å²) in [5, 5.41) is 3.84. The Kier molecular flexibility index (Phi) is 8.45. The van der Waals surface area contributed by atoms with Crippen LogP contribution in [0.2, 0.25) is 0 Å². The minimum atomic E-state index is -1.41. The number of nitrogens with zero attached hydrogens (tertiary/aromatic N) is 1. The van der Waals surface area contributed by atoms with Crippen LogP contribution in [0.15, 0.2) is 60.8 Å². The van der Waals surface area contributed by atoms with Crippen LogP contribution in [0.4, 0.5) is 0 Å². The third-order valence-corrected chi connectivity index (χ3v) is 8.15. The van der Waals surface area contributed by atoms with Crippen molar-refractivity contribution in [3.63, 3.8) is 0 Å². The molecule has 1 aliphatic rings.